The first-order valence-electron chi connectivity index (χ1n) is 9.97. The fourth-order valence-electron chi connectivity index (χ4n) is 3.37. The zero-order valence-corrected chi connectivity index (χ0v) is 17.7. The largest absolute Gasteiger partial charge is 0.345 e. The number of aromatic nitrogens is 5. The second-order valence-electron chi connectivity index (χ2n) is 7.20. The van der Waals surface area contributed by atoms with Gasteiger partial charge in [-0.3, -0.25) is 19.0 Å². The molecule has 0 saturated carbocycles. The summed E-state index contributed by atoms with van der Waals surface area (Å²) < 4.78 is 3.33. The van der Waals surface area contributed by atoms with Crippen LogP contribution in [0.25, 0.3) is 11.3 Å². The Bertz CT molecular complexity index is 1460. The van der Waals surface area contributed by atoms with Crippen LogP contribution in [0.4, 0.5) is 0 Å². The van der Waals surface area contributed by atoms with Gasteiger partial charge in [-0.2, -0.15) is 0 Å². The molecule has 5 heterocycles. The minimum Gasteiger partial charge on any atom is -0.345 e. The van der Waals surface area contributed by atoms with Gasteiger partial charge in [-0.05, 0) is 23.8 Å². The van der Waals surface area contributed by atoms with Crippen molar-refractivity contribution in [2.45, 2.75) is 19.6 Å². The highest BCUT2D eigenvalue weighted by Gasteiger charge is 2.11. The molecule has 0 bridgehead atoms. The summed E-state index contributed by atoms with van der Waals surface area (Å²) in [5, 5.41) is 6.19. The first-order valence-corrected chi connectivity index (χ1v) is 10.8. The molecule has 0 spiro atoms. The minimum absolute atomic E-state index is 0.0827. The van der Waals surface area contributed by atoms with Crippen molar-refractivity contribution in [1.29, 1.82) is 0 Å². The molecule has 160 valence electrons. The molecule has 10 heteroatoms. The van der Waals surface area contributed by atoms with Gasteiger partial charge >= 0.3 is 0 Å². The van der Waals surface area contributed by atoms with Gasteiger partial charge in [0.1, 0.15) is 17.0 Å². The van der Waals surface area contributed by atoms with Gasteiger partial charge in [0.15, 0.2) is 0 Å². The van der Waals surface area contributed by atoms with E-state index in [1.807, 2.05) is 40.6 Å². The second kappa shape index (κ2) is 8.69. The lowest BCUT2D eigenvalue weighted by Crippen LogP contribution is -2.27. The van der Waals surface area contributed by atoms with Crippen LogP contribution in [0, 0.1) is 0 Å². The van der Waals surface area contributed by atoms with E-state index in [2.05, 4.69) is 25.6 Å². The molecule has 2 N–H and O–H groups in total. The van der Waals surface area contributed by atoms with Gasteiger partial charge in [-0.1, -0.05) is 12.1 Å². The summed E-state index contributed by atoms with van der Waals surface area (Å²) >= 11 is 1.62. The zero-order valence-electron chi connectivity index (χ0n) is 16.9. The number of hydrogen-bond donors (Lipinski definition) is 2. The van der Waals surface area contributed by atoms with Crippen molar-refractivity contribution in [2.75, 3.05) is 0 Å². The molecule has 9 nitrogen and oxygen atoms in total. The Balaban J connectivity index is 1.24. The predicted molar refractivity (Wildman–Crippen MR) is 120 cm³/mol. The summed E-state index contributed by atoms with van der Waals surface area (Å²) in [6.45, 7) is 1.73. The van der Waals surface area contributed by atoms with Gasteiger partial charge in [-0.25, -0.2) is 9.97 Å². The van der Waals surface area contributed by atoms with Gasteiger partial charge in [-0.15, -0.1) is 11.3 Å². The van der Waals surface area contributed by atoms with Crippen molar-refractivity contribution >= 4 is 28.5 Å². The molecule has 5 rings (SSSR count). The molecule has 0 fully saturated rings. The lowest BCUT2D eigenvalue weighted by molar-refractivity contribution is 0.0945. The number of pyridine rings is 2. The summed E-state index contributed by atoms with van der Waals surface area (Å²) in [5.41, 5.74) is 4.66. The van der Waals surface area contributed by atoms with E-state index in [0.717, 1.165) is 24.3 Å². The third-order valence-electron chi connectivity index (χ3n) is 4.91. The molecule has 0 aromatic carbocycles. The number of rotatable bonds is 7. The van der Waals surface area contributed by atoms with Crippen molar-refractivity contribution in [2.24, 2.45) is 0 Å². The van der Waals surface area contributed by atoms with Crippen molar-refractivity contribution in [3.63, 3.8) is 0 Å². The van der Waals surface area contributed by atoms with E-state index in [-0.39, 0.29) is 17.8 Å². The molecule has 0 unspecified atom stereocenters. The van der Waals surface area contributed by atoms with Gasteiger partial charge in [0.2, 0.25) is 0 Å². The van der Waals surface area contributed by atoms with E-state index >= 15 is 0 Å². The van der Waals surface area contributed by atoms with Crippen molar-refractivity contribution in [3.8, 4) is 0 Å². The lowest BCUT2D eigenvalue weighted by atomic mass is 10.3. The first-order chi connectivity index (χ1) is 15.7. The Morgan fingerprint density at radius 2 is 1.97 bits per heavy atom. The van der Waals surface area contributed by atoms with Gasteiger partial charge < -0.3 is 15.0 Å². The highest BCUT2D eigenvalue weighted by Crippen LogP contribution is 2.10. The summed E-state index contributed by atoms with van der Waals surface area (Å²) in [7, 11) is 0. The number of carbonyl (C=O) groups is 1. The van der Waals surface area contributed by atoms with E-state index in [1.54, 1.807) is 35.7 Å². The summed E-state index contributed by atoms with van der Waals surface area (Å²) in [4.78, 5) is 38.8. The third-order valence-corrected chi connectivity index (χ3v) is 5.69. The summed E-state index contributed by atoms with van der Waals surface area (Å²) in [5.74, 6) is -0.418. The first kappa shape index (κ1) is 20.0. The van der Waals surface area contributed by atoms with Crippen molar-refractivity contribution in [1.82, 2.24) is 34.4 Å². The Kier molecular flexibility index (Phi) is 5.44. The quantitative estimate of drug-likeness (QED) is 0.397. The predicted octanol–water partition coefficient (Wildman–Crippen LogP) is 2.02. The lowest BCUT2D eigenvalue weighted by Gasteiger charge is -2.04. The average molecular weight is 446 g/mol. The second-order valence-corrected chi connectivity index (χ2v) is 8.17. The molecule has 1 amide bonds. The molecule has 0 aliphatic rings. The van der Waals surface area contributed by atoms with E-state index in [0.29, 0.717) is 11.3 Å². The summed E-state index contributed by atoms with van der Waals surface area (Å²) in [6.07, 6.45) is 7.37. The molecular weight excluding hydrogens is 426 g/mol. The maximum absolute atomic E-state index is 12.5. The van der Waals surface area contributed by atoms with Crippen LogP contribution in [-0.2, 0) is 19.6 Å². The van der Waals surface area contributed by atoms with Crippen molar-refractivity contribution < 1.29 is 4.79 Å². The number of thiazole rings is 1. The topological polar surface area (TPSA) is 106 Å². The van der Waals surface area contributed by atoms with E-state index in [9.17, 15) is 9.59 Å². The highest BCUT2D eigenvalue weighted by molar-refractivity contribution is 7.09. The fraction of sp³-hybridized carbons (Fsp3) is 0.136. The van der Waals surface area contributed by atoms with Crippen LogP contribution >= 0.6 is 11.3 Å². The van der Waals surface area contributed by atoms with Crippen LogP contribution < -0.4 is 16.2 Å². The van der Waals surface area contributed by atoms with Gasteiger partial charge in [0.05, 0.1) is 17.7 Å². The molecule has 0 radical (unpaired) electrons. The molecule has 0 aliphatic carbocycles. The molecule has 32 heavy (non-hydrogen) atoms. The number of nitrogens with one attached hydrogen (secondary N) is 2. The highest BCUT2D eigenvalue weighted by atomic mass is 32.1. The number of hydrogen-bond acceptors (Lipinski definition) is 7. The Hall–Kier alpha value is -3.89. The summed E-state index contributed by atoms with van der Waals surface area (Å²) in [6, 6.07) is 10.4. The third kappa shape index (κ3) is 4.27. The zero-order chi connectivity index (χ0) is 21.9. The average Bonchev–Trinajstić information content (AvgIpc) is 3.47. The molecule has 0 atom stereocenters. The van der Waals surface area contributed by atoms with Crippen LogP contribution in [0.2, 0.25) is 0 Å². The van der Waals surface area contributed by atoms with Crippen LogP contribution in [-0.4, -0.2) is 29.7 Å². The van der Waals surface area contributed by atoms with Gasteiger partial charge in [0, 0.05) is 48.8 Å². The monoisotopic (exact) mass is 445 g/mol. The molecule has 5 aromatic rings. The van der Waals surface area contributed by atoms with E-state index in [1.165, 1.54) is 15.3 Å². The van der Waals surface area contributed by atoms with Crippen LogP contribution in [0.15, 0.2) is 71.5 Å². The standard InChI is InChI=1S/C22H19N7O2S/c30-21-7-18(27-20-3-1-2-6-29(20)21)22(31)25-9-16-13-28-12-15(4-5-19(28)26-16)8-23-10-17-11-24-14-32-17/h1-7,11-14,23H,8-10H2,(H,25,31). The van der Waals surface area contributed by atoms with E-state index in [4.69, 9.17) is 0 Å². The van der Waals surface area contributed by atoms with Crippen molar-refractivity contribution in [3.05, 3.63) is 98.9 Å². The molecule has 0 aliphatic heterocycles. The Morgan fingerprint density at radius 1 is 1.03 bits per heavy atom. The van der Waals surface area contributed by atoms with Crippen LogP contribution in [0.3, 0.4) is 0 Å². The van der Waals surface area contributed by atoms with E-state index < -0.39 is 5.91 Å². The Labute approximate surface area is 186 Å². The maximum Gasteiger partial charge on any atom is 0.270 e. The SMILES string of the molecule is O=C(NCc1cn2cc(CNCc3cncs3)ccc2n1)c1cc(=O)n2ccccc2n1. The molecule has 0 saturated heterocycles. The molecule has 5 aromatic heterocycles. The number of carbonyl (C=O) groups excluding carboxylic acids is 1. The maximum atomic E-state index is 12.5. The normalized spacial score (nSPS) is 11.2. The number of nitrogens with zero attached hydrogens (tertiary/aromatic N) is 5. The fourth-order valence-corrected chi connectivity index (χ4v) is 3.94. The molecular formula is C22H19N7O2S. The number of imidazole rings is 1. The van der Waals surface area contributed by atoms with Crippen LogP contribution in [0.1, 0.15) is 26.6 Å². The number of amides is 1. The smallest absolute Gasteiger partial charge is 0.270 e. The Morgan fingerprint density at radius 3 is 2.84 bits per heavy atom. The van der Waals surface area contributed by atoms with Crippen LogP contribution in [0.5, 0.6) is 0 Å². The minimum atomic E-state index is -0.418. The van der Waals surface area contributed by atoms with Gasteiger partial charge in [0.25, 0.3) is 11.5 Å². The number of fused-ring (bicyclic) bond motifs is 2.